The van der Waals surface area contributed by atoms with Gasteiger partial charge >= 0.3 is 0 Å². The molecule has 1 aliphatic rings. The van der Waals surface area contributed by atoms with Gasteiger partial charge in [0.1, 0.15) is 6.54 Å². The third-order valence-electron chi connectivity index (χ3n) is 2.76. The van der Waals surface area contributed by atoms with Crippen LogP contribution in [0.1, 0.15) is 12.8 Å². The fraction of sp³-hybridized carbons (Fsp3) is 0.600. The Hall–Kier alpha value is -1.56. The van der Waals surface area contributed by atoms with Gasteiger partial charge in [-0.15, -0.1) is 0 Å². The average molecular weight is 223 g/mol. The number of carbonyl (C=O) groups excluding carboxylic acids is 1. The minimum absolute atomic E-state index is 0.0553. The Bertz CT molecular complexity index is 369. The maximum absolute atomic E-state index is 11.1. The third-order valence-corrected chi connectivity index (χ3v) is 2.76. The van der Waals surface area contributed by atoms with E-state index in [2.05, 4.69) is 15.7 Å². The lowest BCUT2D eigenvalue weighted by atomic mass is 9.87. The molecule has 0 atom stereocenters. The minimum atomic E-state index is -0.0553. The van der Waals surface area contributed by atoms with Gasteiger partial charge in [-0.3, -0.25) is 9.48 Å². The molecule has 0 aromatic carbocycles. The van der Waals surface area contributed by atoms with Gasteiger partial charge in [-0.2, -0.15) is 5.10 Å². The Morgan fingerprint density at radius 2 is 2.44 bits per heavy atom. The maximum atomic E-state index is 11.1. The number of aromatic nitrogens is 2. The molecule has 88 valence electrons. The van der Waals surface area contributed by atoms with Crippen molar-refractivity contribution in [2.24, 2.45) is 5.73 Å². The second-order valence-corrected chi connectivity index (χ2v) is 4.17. The maximum Gasteiger partial charge on any atom is 0.241 e. The molecule has 0 radical (unpaired) electrons. The van der Waals surface area contributed by atoms with Crippen molar-refractivity contribution < 1.29 is 4.79 Å². The summed E-state index contributed by atoms with van der Waals surface area (Å²) in [5, 5.41) is 9.98. The van der Waals surface area contributed by atoms with Crippen LogP contribution in [0.15, 0.2) is 12.4 Å². The number of nitrogens with one attached hydrogen (secondary N) is 2. The van der Waals surface area contributed by atoms with Crippen LogP contribution in [0.3, 0.4) is 0 Å². The Morgan fingerprint density at radius 1 is 1.69 bits per heavy atom. The lowest BCUT2D eigenvalue weighted by Gasteiger charge is -2.33. The van der Waals surface area contributed by atoms with Crippen molar-refractivity contribution >= 4 is 11.6 Å². The number of likely N-dealkylation sites (N-methyl/N-ethyl adjacent to an activating group) is 1. The summed E-state index contributed by atoms with van der Waals surface area (Å²) in [4.78, 5) is 11.1. The molecule has 1 heterocycles. The molecule has 1 saturated carbocycles. The van der Waals surface area contributed by atoms with Crippen molar-refractivity contribution in [3.8, 4) is 0 Å². The summed E-state index contributed by atoms with van der Waals surface area (Å²) in [6, 6.07) is 0.783. The molecule has 0 unspecified atom stereocenters. The Kier molecular flexibility index (Phi) is 3.09. The van der Waals surface area contributed by atoms with Crippen molar-refractivity contribution in [3.63, 3.8) is 0 Å². The molecule has 4 N–H and O–H groups in total. The molecule has 0 saturated heterocycles. The number of nitrogens with zero attached hydrogens (tertiary/aromatic N) is 2. The number of nitrogens with two attached hydrogens (primary N) is 1. The van der Waals surface area contributed by atoms with Crippen LogP contribution >= 0.6 is 0 Å². The molecule has 1 amide bonds. The van der Waals surface area contributed by atoms with E-state index in [-0.39, 0.29) is 12.5 Å². The van der Waals surface area contributed by atoms with Crippen molar-refractivity contribution in [2.75, 3.05) is 12.4 Å². The summed E-state index contributed by atoms with van der Waals surface area (Å²) in [7, 11) is 1.61. The van der Waals surface area contributed by atoms with Crippen molar-refractivity contribution in [3.05, 3.63) is 12.4 Å². The van der Waals surface area contributed by atoms with Gasteiger partial charge in [0.25, 0.3) is 0 Å². The lowest BCUT2D eigenvalue weighted by Crippen LogP contribution is -2.44. The van der Waals surface area contributed by atoms with Crippen molar-refractivity contribution in [1.82, 2.24) is 15.1 Å². The molecule has 0 spiro atoms. The summed E-state index contributed by atoms with van der Waals surface area (Å²) >= 11 is 0. The Balaban J connectivity index is 1.85. The molecule has 16 heavy (non-hydrogen) atoms. The SMILES string of the molecule is CNC(=O)Cn1cc(NC2CC(N)C2)cn1. The number of hydrogen-bond donors (Lipinski definition) is 3. The van der Waals surface area contributed by atoms with E-state index in [4.69, 9.17) is 5.73 Å². The quantitative estimate of drug-likeness (QED) is 0.644. The first-order valence-electron chi connectivity index (χ1n) is 5.42. The first kappa shape index (κ1) is 10.9. The summed E-state index contributed by atoms with van der Waals surface area (Å²) < 4.78 is 1.61. The van der Waals surface area contributed by atoms with Crippen LogP contribution in [0.4, 0.5) is 5.69 Å². The fourth-order valence-corrected chi connectivity index (χ4v) is 1.77. The summed E-state index contributed by atoms with van der Waals surface area (Å²) in [5.41, 5.74) is 6.64. The van der Waals surface area contributed by atoms with Crippen LogP contribution in [0.25, 0.3) is 0 Å². The summed E-state index contributed by atoms with van der Waals surface area (Å²) in [6.07, 6.45) is 5.56. The van der Waals surface area contributed by atoms with E-state index < -0.39 is 0 Å². The fourth-order valence-electron chi connectivity index (χ4n) is 1.77. The molecule has 1 fully saturated rings. The highest BCUT2D eigenvalue weighted by atomic mass is 16.1. The third kappa shape index (κ3) is 2.52. The first-order chi connectivity index (χ1) is 7.67. The van der Waals surface area contributed by atoms with Gasteiger partial charge in [-0.25, -0.2) is 0 Å². The van der Waals surface area contributed by atoms with Crippen LogP contribution in [-0.2, 0) is 11.3 Å². The van der Waals surface area contributed by atoms with E-state index in [0.717, 1.165) is 18.5 Å². The van der Waals surface area contributed by atoms with E-state index >= 15 is 0 Å². The van der Waals surface area contributed by atoms with Gasteiger partial charge in [-0.1, -0.05) is 0 Å². The molecule has 1 aromatic heterocycles. The second-order valence-electron chi connectivity index (χ2n) is 4.17. The lowest BCUT2D eigenvalue weighted by molar-refractivity contribution is -0.121. The second kappa shape index (κ2) is 4.52. The van der Waals surface area contributed by atoms with Crippen LogP contribution in [0, 0.1) is 0 Å². The number of anilines is 1. The van der Waals surface area contributed by atoms with Gasteiger partial charge < -0.3 is 16.4 Å². The van der Waals surface area contributed by atoms with E-state index in [9.17, 15) is 4.79 Å². The highest BCUT2D eigenvalue weighted by molar-refractivity contribution is 5.75. The molecule has 1 aliphatic carbocycles. The molecule has 0 aliphatic heterocycles. The topological polar surface area (TPSA) is 85.0 Å². The highest BCUT2D eigenvalue weighted by Crippen LogP contribution is 2.22. The molecule has 1 aromatic rings. The highest BCUT2D eigenvalue weighted by Gasteiger charge is 2.25. The molecule has 2 rings (SSSR count). The average Bonchev–Trinajstić information content (AvgIpc) is 2.63. The zero-order valence-electron chi connectivity index (χ0n) is 9.31. The molecule has 0 bridgehead atoms. The number of carbonyl (C=O) groups is 1. The Morgan fingerprint density at radius 3 is 3.06 bits per heavy atom. The van der Waals surface area contributed by atoms with Crippen LogP contribution in [0.2, 0.25) is 0 Å². The summed E-state index contributed by atoms with van der Waals surface area (Å²) in [5.74, 6) is -0.0553. The number of amides is 1. The smallest absolute Gasteiger partial charge is 0.241 e. The van der Waals surface area contributed by atoms with Gasteiger partial charge in [0, 0.05) is 25.3 Å². The molecular formula is C10H17N5O. The largest absolute Gasteiger partial charge is 0.380 e. The van der Waals surface area contributed by atoms with Crippen LogP contribution < -0.4 is 16.4 Å². The van der Waals surface area contributed by atoms with Crippen molar-refractivity contribution in [2.45, 2.75) is 31.5 Å². The predicted molar refractivity (Wildman–Crippen MR) is 60.9 cm³/mol. The van der Waals surface area contributed by atoms with Crippen LogP contribution in [0.5, 0.6) is 0 Å². The number of hydrogen-bond acceptors (Lipinski definition) is 4. The van der Waals surface area contributed by atoms with Gasteiger partial charge in [-0.05, 0) is 12.8 Å². The van der Waals surface area contributed by atoms with E-state index in [1.807, 2.05) is 6.20 Å². The molecular weight excluding hydrogens is 206 g/mol. The van der Waals surface area contributed by atoms with Gasteiger partial charge in [0.15, 0.2) is 0 Å². The zero-order valence-corrected chi connectivity index (χ0v) is 9.31. The summed E-state index contributed by atoms with van der Waals surface area (Å²) in [6.45, 7) is 0.252. The normalized spacial score (nSPS) is 23.6. The van der Waals surface area contributed by atoms with E-state index in [1.54, 1.807) is 17.9 Å². The monoisotopic (exact) mass is 223 g/mol. The first-order valence-corrected chi connectivity index (χ1v) is 5.42. The minimum Gasteiger partial charge on any atom is -0.380 e. The number of rotatable bonds is 4. The zero-order chi connectivity index (χ0) is 11.5. The van der Waals surface area contributed by atoms with E-state index in [1.165, 1.54) is 0 Å². The van der Waals surface area contributed by atoms with Crippen molar-refractivity contribution in [1.29, 1.82) is 0 Å². The molecule has 6 heteroatoms. The standard InChI is InChI=1S/C10H17N5O/c1-12-10(16)6-15-5-9(4-13-15)14-8-2-7(11)3-8/h4-5,7-8,14H,2-3,6,11H2,1H3,(H,12,16). The van der Waals surface area contributed by atoms with E-state index in [0.29, 0.717) is 12.1 Å². The van der Waals surface area contributed by atoms with Gasteiger partial charge in [0.05, 0.1) is 11.9 Å². The molecule has 6 nitrogen and oxygen atoms in total. The van der Waals surface area contributed by atoms with Gasteiger partial charge in [0.2, 0.25) is 5.91 Å². The predicted octanol–water partition coefficient (Wildman–Crippen LogP) is -0.469. The Labute approximate surface area is 94.2 Å². The van der Waals surface area contributed by atoms with Crippen LogP contribution in [-0.4, -0.2) is 34.8 Å².